The number of methoxy groups -OCH3 is 1. The summed E-state index contributed by atoms with van der Waals surface area (Å²) in [7, 11) is 1.32. The predicted octanol–water partition coefficient (Wildman–Crippen LogP) is 0.423. The van der Waals surface area contributed by atoms with Gasteiger partial charge in [-0.1, -0.05) is 12.1 Å². The molecule has 1 unspecified atom stereocenters. The normalized spacial score (nSPS) is 29.1. The van der Waals surface area contributed by atoms with Gasteiger partial charge in [0, 0.05) is 42.0 Å². The van der Waals surface area contributed by atoms with Gasteiger partial charge in [0.25, 0.3) is 0 Å². The third-order valence-electron chi connectivity index (χ3n) is 7.81. The molecule has 12 nitrogen and oxygen atoms in total. The Bertz CT molecular complexity index is 1380. The van der Waals surface area contributed by atoms with E-state index in [2.05, 4.69) is 0 Å². The zero-order chi connectivity index (χ0) is 28.4. The maximum absolute atomic E-state index is 13.6. The number of aliphatic hydroxyl groups is 3. The van der Waals surface area contributed by atoms with Gasteiger partial charge in [-0.15, -0.1) is 12.4 Å². The molecule has 1 fully saturated rings. The van der Waals surface area contributed by atoms with Crippen LogP contribution in [0.15, 0.2) is 18.2 Å². The van der Waals surface area contributed by atoms with Crippen LogP contribution in [-0.4, -0.2) is 86.7 Å². The summed E-state index contributed by atoms with van der Waals surface area (Å²) in [6.45, 7) is 0.560. The van der Waals surface area contributed by atoms with E-state index in [0.717, 1.165) is 0 Å². The molecule has 0 radical (unpaired) electrons. The second-order valence-electron chi connectivity index (χ2n) is 10.2. The Labute approximate surface area is 234 Å². The lowest BCUT2D eigenvalue weighted by Crippen LogP contribution is -2.53. The minimum Gasteiger partial charge on any atom is -0.507 e. The third-order valence-corrected chi connectivity index (χ3v) is 7.81. The first-order chi connectivity index (χ1) is 18.4. The maximum Gasteiger partial charge on any atom is 0.202 e. The summed E-state index contributed by atoms with van der Waals surface area (Å²) in [6.07, 6.45) is -5.12. The highest BCUT2D eigenvalue weighted by molar-refractivity contribution is 6.31. The number of halogens is 1. The van der Waals surface area contributed by atoms with Gasteiger partial charge < -0.3 is 45.5 Å². The molecular weight excluding hydrogens is 550 g/mol. The molecule has 1 aliphatic heterocycles. The van der Waals surface area contributed by atoms with E-state index in [1.807, 2.05) is 0 Å². The van der Waals surface area contributed by atoms with Gasteiger partial charge in [-0.05, 0) is 13.0 Å². The highest BCUT2D eigenvalue weighted by atomic mass is 35.5. The average molecular weight is 580 g/mol. The summed E-state index contributed by atoms with van der Waals surface area (Å²) in [6, 6.07) is 3.64. The van der Waals surface area contributed by atoms with Crippen LogP contribution in [0.3, 0.4) is 0 Å². The number of phenols is 2. The Morgan fingerprint density at radius 2 is 1.82 bits per heavy atom. The number of carbonyl (C=O) groups is 3. The van der Waals surface area contributed by atoms with Gasteiger partial charge in [-0.3, -0.25) is 14.4 Å². The Kier molecular flexibility index (Phi) is 8.00. The molecule has 40 heavy (non-hydrogen) atoms. The standard InChI is InChI=1S/C27H29NO11.ClH/c1-10-22(31)13(28)6-17(38-10)39-15-8-27(36,16(30)9-29)7-12-19(15)26(35)21-20(24(12)33)23(32)11-4-3-5-14(37-2)18(11)25(21)34;/h3-5,10,13,15,17,22,29,31,33,35-36H,6-9,28H2,1-2H3;1H/t10-,13-,15+,17?,22-,27-;/m0./s1. The number of ketones is 3. The number of aliphatic hydroxyl groups excluding tert-OH is 2. The van der Waals surface area contributed by atoms with E-state index in [0.29, 0.717) is 0 Å². The lowest BCUT2D eigenvalue weighted by Gasteiger charge is -2.42. The molecule has 3 aliphatic rings. The van der Waals surface area contributed by atoms with Gasteiger partial charge in [-0.2, -0.15) is 0 Å². The summed E-state index contributed by atoms with van der Waals surface area (Å²) < 4.78 is 17.0. The van der Waals surface area contributed by atoms with Crippen molar-refractivity contribution in [1.82, 2.24) is 0 Å². The van der Waals surface area contributed by atoms with Crippen molar-refractivity contribution in [3.63, 3.8) is 0 Å². The van der Waals surface area contributed by atoms with E-state index in [-0.39, 0.29) is 46.8 Å². The van der Waals surface area contributed by atoms with E-state index in [1.165, 1.54) is 25.3 Å². The lowest BCUT2D eigenvalue weighted by atomic mass is 9.72. The van der Waals surface area contributed by atoms with Crippen molar-refractivity contribution >= 4 is 29.8 Å². The van der Waals surface area contributed by atoms with Gasteiger partial charge in [-0.25, -0.2) is 0 Å². The highest BCUT2D eigenvalue weighted by Gasteiger charge is 2.50. The summed E-state index contributed by atoms with van der Waals surface area (Å²) in [5.74, 6) is -3.77. The fourth-order valence-corrected chi connectivity index (χ4v) is 5.75. The number of nitrogens with two attached hydrogens (primary N) is 1. The van der Waals surface area contributed by atoms with Gasteiger partial charge in [0.05, 0.1) is 42.1 Å². The quantitative estimate of drug-likeness (QED) is 0.227. The SMILES string of the molecule is COc1cccc2c1C(=O)c1c(O)c3c(c(O)c1C2=O)C[C@@](O)(C(=O)CO)C[C@H]3OC1C[C@H](N)[C@@H](O)[C@H](C)O1.Cl. The van der Waals surface area contributed by atoms with Crippen molar-refractivity contribution in [2.75, 3.05) is 13.7 Å². The van der Waals surface area contributed by atoms with Crippen LogP contribution in [-0.2, 0) is 20.7 Å². The van der Waals surface area contributed by atoms with E-state index in [9.17, 15) is 39.9 Å². The minimum atomic E-state index is -2.24. The molecule has 0 bridgehead atoms. The average Bonchev–Trinajstić information content (AvgIpc) is 2.90. The monoisotopic (exact) mass is 579 g/mol. The third kappa shape index (κ3) is 4.45. The van der Waals surface area contributed by atoms with Crippen LogP contribution in [0.5, 0.6) is 17.2 Å². The number of hydrogen-bond donors (Lipinski definition) is 6. The van der Waals surface area contributed by atoms with Crippen molar-refractivity contribution in [3.8, 4) is 17.2 Å². The van der Waals surface area contributed by atoms with Crippen LogP contribution >= 0.6 is 12.4 Å². The second kappa shape index (κ2) is 10.7. The van der Waals surface area contributed by atoms with E-state index >= 15 is 0 Å². The van der Waals surface area contributed by atoms with Gasteiger partial charge >= 0.3 is 0 Å². The number of rotatable bonds is 5. The molecule has 13 heteroatoms. The van der Waals surface area contributed by atoms with E-state index in [1.54, 1.807) is 6.92 Å². The Morgan fingerprint density at radius 1 is 1.15 bits per heavy atom. The van der Waals surface area contributed by atoms with Crippen LogP contribution in [0.2, 0.25) is 0 Å². The topological polar surface area (TPSA) is 206 Å². The van der Waals surface area contributed by atoms with Gasteiger partial charge in [0.2, 0.25) is 5.78 Å². The van der Waals surface area contributed by atoms with E-state index < -0.39 is 95.7 Å². The number of Topliss-reactive ketones (excluding diaryl/α,β-unsaturated/α-hetero) is 1. The van der Waals surface area contributed by atoms with Crippen LogP contribution in [0.25, 0.3) is 0 Å². The summed E-state index contributed by atoms with van der Waals surface area (Å²) in [4.78, 5) is 39.7. The molecule has 2 aliphatic carbocycles. The molecular formula is C27H30ClNO11. The molecule has 6 atom stereocenters. The first-order valence-electron chi connectivity index (χ1n) is 12.4. The minimum absolute atomic E-state index is 0. The van der Waals surface area contributed by atoms with Crippen LogP contribution in [0.1, 0.15) is 68.8 Å². The van der Waals surface area contributed by atoms with Crippen LogP contribution in [0.4, 0.5) is 0 Å². The first kappa shape index (κ1) is 29.9. The second-order valence-corrected chi connectivity index (χ2v) is 10.2. The first-order valence-corrected chi connectivity index (χ1v) is 12.4. The number of hydrogen-bond acceptors (Lipinski definition) is 12. The summed E-state index contributed by atoms with van der Waals surface area (Å²) in [5.41, 5.74) is 2.37. The Morgan fingerprint density at radius 3 is 2.45 bits per heavy atom. The van der Waals surface area contributed by atoms with Gasteiger partial charge in [0.15, 0.2) is 17.9 Å². The van der Waals surface area contributed by atoms with Crippen molar-refractivity contribution < 1.29 is 54.1 Å². The summed E-state index contributed by atoms with van der Waals surface area (Å²) >= 11 is 0. The molecule has 7 N–H and O–H groups in total. The molecule has 2 aromatic carbocycles. The zero-order valence-electron chi connectivity index (χ0n) is 21.6. The van der Waals surface area contributed by atoms with Crippen LogP contribution < -0.4 is 10.5 Å². The Hall–Kier alpha value is -3.10. The summed E-state index contributed by atoms with van der Waals surface area (Å²) in [5, 5.41) is 53.7. The number of ether oxygens (including phenoxy) is 3. The Balaban J connectivity index is 0.00000370. The maximum atomic E-state index is 13.6. The van der Waals surface area contributed by atoms with Crippen molar-refractivity contribution in [2.45, 2.75) is 62.4 Å². The number of carbonyl (C=O) groups excluding carboxylic acids is 3. The molecule has 0 aromatic heterocycles. The smallest absolute Gasteiger partial charge is 0.202 e. The fraction of sp³-hybridized carbons (Fsp3) is 0.444. The molecule has 1 heterocycles. The highest BCUT2D eigenvalue weighted by Crippen LogP contribution is 2.52. The molecule has 2 aromatic rings. The van der Waals surface area contributed by atoms with Crippen LogP contribution in [0, 0.1) is 0 Å². The molecule has 5 rings (SSSR count). The van der Waals surface area contributed by atoms with E-state index in [4.69, 9.17) is 19.9 Å². The zero-order valence-corrected chi connectivity index (χ0v) is 22.4. The number of phenolic OH excluding ortho intramolecular Hbond substituents is 2. The fourth-order valence-electron chi connectivity index (χ4n) is 5.75. The van der Waals surface area contributed by atoms with Gasteiger partial charge in [0.1, 0.15) is 29.5 Å². The number of fused-ring (bicyclic) bond motifs is 3. The predicted molar refractivity (Wildman–Crippen MR) is 139 cm³/mol. The lowest BCUT2D eigenvalue weighted by molar-refractivity contribution is -0.247. The number of benzene rings is 2. The molecule has 0 spiro atoms. The van der Waals surface area contributed by atoms with Crippen molar-refractivity contribution in [3.05, 3.63) is 51.6 Å². The number of aromatic hydroxyl groups is 2. The van der Waals surface area contributed by atoms with Crippen molar-refractivity contribution in [2.24, 2.45) is 5.73 Å². The molecule has 0 saturated carbocycles. The molecule has 1 saturated heterocycles. The largest absolute Gasteiger partial charge is 0.507 e. The molecule has 216 valence electrons. The molecule has 0 amide bonds. The van der Waals surface area contributed by atoms with Crippen molar-refractivity contribution in [1.29, 1.82) is 0 Å².